The highest BCUT2D eigenvalue weighted by Gasteiger charge is 2.31. The zero-order valence-electron chi connectivity index (χ0n) is 10.2. The topological polar surface area (TPSA) is 32.3 Å². The number of halogens is 1. The number of benzene rings is 1. The number of hydrogen-bond donors (Lipinski definition) is 2. The van der Waals surface area contributed by atoms with Crippen LogP contribution in [0.3, 0.4) is 0 Å². The van der Waals surface area contributed by atoms with Crippen molar-refractivity contribution in [2.75, 3.05) is 6.54 Å². The predicted octanol–water partition coefficient (Wildman–Crippen LogP) is 2.64. The normalized spacial score (nSPS) is 19.0. The van der Waals surface area contributed by atoms with Crippen molar-refractivity contribution in [3.05, 3.63) is 35.6 Å². The van der Waals surface area contributed by atoms with Crippen LogP contribution in [-0.2, 0) is 0 Å². The number of nitrogens with one attached hydrogen (secondary N) is 1. The molecule has 2 rings (SSSR count). The third-order valence-electron chi connectivity index (χ3n) is 3.25. The summed E-state index contributed by atoms with van der Waals surface area (Å²) in [4.78, 5) is 0. The number of rotatable bonds is 6. The lowest BCUT2D eigenvalue weighted by atomic mass is 10.0. The fraction of sp³-hybridized carbons (Fsp3) is 0.571. The first kappa shape index (κ1) is 12.5. The summed E-state index contributed by atoms with van der Waals surface area (Å²) < 4.78 is 12.9. The summed E-state index contributed by atoms with van der Waals surface area (Å²) in [6.07, 6.45) is 2.97. The lowest BCUT2D eigenvalue weighted by molar-refractivity contribution is 0.181. The highest BCUT2D eigenvalue weighted by atomic mass is 19.1. The molecule has 0 radical (unpaired) electrons. The summed E-state index contributed by atoms with van der Waals surface area (Å²) in [6.45, 7) is 2.60. The van der Waals surface area contributed by atoms with Gasteiger partial charge in [0.05, 0.1) is 6.10 Å². The SMILES string of the molecule is CC(O)CCNC(c1ccc(F)cc1)C1CC1. The van der Waals surface area contributed by atoms with Crippen LogP contribution < -0.4 is 5.32 Å². The fourth-order valence-electron chi connectivity index (χ4n) is 2.10. The molecular weight excluding hydrogens is 217 g/mol. The van der Waals surface area contributed by atoms with Crippen molar-refractivity contribution >= 4 is 0 Å². The van der Waals surface area contributed by atoms with Crippen LogP contribution in [0, 0.1) is 11.7 Å². The summed E-state index contributed by atoms with van der Waals surface area (Å²) in [5.41, 5.74) is 1.15. The van der Waals surface area contributed by atoms with Crippen LogP contribution in [0.1, 0.15) is 37.8 Å². The first-order chi connectivity index (χ1) is 8.16. The summed E-state index contributed by atoms with van der Waals surface area (Å²) in [5, 5.41) is 12.7. The average molecular weight is 237 g/mol. The van der Waals surface area contributed by atoms with Crippen LogP contribution >= 0.6 is 0 Å². The smallest absolute Gasteiger partial charge is 0.123 e. The minimum absolute atomic E-state index is 0.188. The first-order valence-corrected chi connectivity index (χ1v) is 6.33. The van der Waals surface area contributed by atoms with Crippen LogP contribution in [0.25, 0.3) is 0 Å². The summed E-state index contributed by atoms with van der Waals surface area (Å²) in [6, 6.07) is 7.05. The van der Waals surface area contributed by atoms with Crippen molar-refractivity contribution in [1.82, 2.24) is 5.32 Å². The molecule has 0 amide bonds. The summed E-state index contributed by atoms with van der Waals surface area (Å²) in [7, 11) is 0. The Kier molecular flexibility index (Phi) is 4.13. The molecule has 0 bridgehead atoms. The largest absolute Gasteiger partial charge is 0.393 e. The molecule has 1 saturated carbocycles. The molecule has 0 spiro atoms. The Morgan fingerprint density at radius 2 is 2.00 bits per heavy atom. The van der Waals surface area contributed by atoms with Crippen molar-refractivity contribution in [2.24, 2.45) is 5.92 Å². The highest BCUT2D eigenvalue weighted by Crippen LogP contribution is 2.40. The number of aliphatic hydroxyl groups excluding tert-OH is 1. The molecule has 1 aliphatic carbocycles. The third kappa shape index (κ3) is 3.79. The second-order valence-electron chi connectivity index (χ2n) is 4.96. The van der Waals surface area contributed by atoms with E-state index in [1.54, 1.807) is 6.92 Å². The molecule has 17 heavy (non-hydrogen) atoms. The van der Waals surface area contributed by atoms with Crippen LogP contribution in [0.4, 0.5) is 4.39 Å². The molecule has 0 aromatic heterocycles. The minimum atomic E-state index is -0.268. The second-order valence-corrected chi connectivity index (χ2v) is 4.96. The molecule has 0 aliphatic heterocycles. The minimum Gasteiger partial charge on any atom is -0.393 e. The quantitative estimate of drug-likeness (QED) is 0.797. The van der Waals surface area contributed by atoms with Crippen molar-refractivity contribution in [3.63, 3.8) is 0 Å². The van der Waals surface area contributed by atoms with Crippen LogP contribution in [0.15, 0.2) is 24.3 Å². The number of aliphatic hydroxyl groups is 1. The van der Waals surface area contributed by atoms with Gasteiger partial charge in [-0.25, -0.2) is 4.39 Å². The predicted molar refractivity (Wildman–Crippen MR) is 66.2 cm³/mol. The fourth-order valence-corrected chi connectivity index (χ4v) is 2.10. The maximum absolute atomic E-state index is 12.9. The molecule has 2 unspecified atom stereocenters. The molecule has 1 aromatic carbocycles. The van der Waals surface area contributed by atoms with Gasteiger partial charge in [0, 0.05) is 6.04 Å². The first-order valence-electron chi connectivity index (χ1n) is 6.33. The molecular formula is C14H20FNO. The Bertz CT molecular complexity index is 346. The van der Waals surface area contributed by atoms with E-state index in [9.17, 15) is 9.50 Å². The maximum Gasteiger partial charge on any atom is 0.123 e. The zero-order chi connectivity index (χ0) is 12.3. The van der Waals surface area contributed by atoms with Gasteiger partial charge in [-0.15, -0.1) is 0 Å². The van der Waals surface area contributed by atoms with Gasteiger partial charge in [-0.2, -0.15) is 0 Å². The monoisotopic (exact) mass is 237 g/mol. The molecule has 94 valence electrons. The van der Waals surface area contributed by atoms with E-state index in [2.05, 4.69) is 5.32 Å². The van der Waals surface area contributed by atoms with Gasteiger partial charge in [0.15, 0.2) is 0 Å². The van der Waals surface area contributed by atoms with E-state index >= 15 is 0 Å². The van der Waals surface area contributed by atoms with Crippen LogP contribution in [-0.4, -0.2) is 17.8 Å². The van der Waals surface area contributed by atoms with Crippen LogP contribution in [0.5, 0.6) is 0 Å². The van der Waals surface area contributed by atoms with E-state index in [1.165, 1.54) is 25.0 Å². The van der Waals surface area contributed by atoms with Crippen molar-refractivity contribution in [3.8, 4) is 0 Å². The Labute approximate surface area is 102 Å². The lowest BCUT2D eigenvalue weighted by Crippen LogP contribution is -2.26. The number of hydrogen-bond acceptors (Lipinski definition) is 2. The molecule has 2 nitrogen and oxygen atoms in total. The van der Waals surface area contributed by atoms with E-state index in [1.807, 2.05) is 12.1 Å². The molecule has 0 saturated heterocycles. The van der Waals surface area contributed by atoms with Crippen molar-refractivity contribution in [2.45, 2.75) is 38.3 Å². The van der Waals surface area contributed by atoms with E-state index in [0.717, 1.165) is 18.5 Å². The standard InChI is InChI=1S/C14H20FNO/c1-10(17)8-9-16-14(11-2-3-11)12-4-6-13(15)7-5-12/h4-7,10-11,14,16-17H,2-3,8-9H2,1H3. The van der Waals surface area contributed by atoms with E-state index < -0.39 is 0 Å². The molecule has 3 heteroatoms. The van der Waals surface area contributed by atoms with Gasteiger partial charge in [0.1, 0.15) is 5.82 Å². The van der Waals surface area contributed by atoms with Gasteiger partial charge in [-0.3, -0.25) is 0 Å². The highest BCUT2D eigenvalue weighted by molar-refractivity contribution is 5.21. The Morgan fingerprint density at radius 3 is 2.53 bits per heavy atom. The van der Waals surface area contributed by atoms with Gasteiger partial charge in [0.25, 0.3) is 0 Å². The van der Waals surface area contributed by atoms with Gasteiger partial charge >= 0.3 is 0 Å². The van der Waals surface area contributed by atoms with Crippen molar-refractivity contribution in [1.29, 1.82) is 0 Å². The molecule has 1 aliphatic rings. The van der Waals surface area contributed by atoms with Gasteiger partial charge in [-0.05, 0) is 56.3 Å². The molecule has 2 atom stereocenters. The Balaban J connectivity index is 1.94. The third-order valence-corrected chi connectivity index (χ3v) is 3.25. The molecule has 2 N–H and O–H groups in total. The molecule has 1 aromatic rings. The molecule has 1 fully saturated rings. The average Bonchev–Trinajstić information content (AvgIpc) is 3.10. The van der Waals surface area contributed by atoms with Crippen LogP contribution in [0.2, 0.25) is 0 Å². The zero-order valence-corrected chi connectivity index (χ0v) is 10.2. The van der Waals surface area contributed by atoms with Crippen molar-refractivity contribution < 1.29 is 9.50 Å². The summed E-state index contributed by atoms with van der Waals surface area (Å²) >= 11 is 0. The lowest BCUT2D eigenvalue weighted by Gasteiger charge is -2.19. The van der Waals surface area contributed by atoms with Gasteiger partial charge in [-0.1, -0.05) is 12.1 Å². The van der Waals surface area contributed by atoms with Gasteiger partial charge < -0.3 is 10.4 Å². The Morgan fingerprint density at radius 1 is 1.35 bits per heavy atom. The Hall–Kier alpha value is -0.930. The summed E-state index contributed by atoms with van der Waals surface area (Å²) in [5.74, 6) is 0.488. The van der Waals surface area contributed by atoms with E-state index in [-0.39, 0.29) is 11.9 Å². The van der Waals surface area contributed by atoms with Gasteiger partial charge in [0.2, 0.25) is 0 Å². The maximum atomic E-state index is 12.9. The van der Waals surface area contributed by atoms with E-state index in [0.29, 0.717) is 12.0 Å². The van der Waals surface area contributed by atoms with E-state index in [4.69, 9.17) is 0 Å². The second kappa shape index (κ2) is 5.61. The molecule has 0 heterocycles.